The summed E-state index contributed by atoms with van der Waals surface area (Å²) < 4.78 is 3.84. The SMILES string of the molecule is Brc1ccc2sc3c(-c4ccccc4)cccc3c2c1. The predicted molar refractivity (Wildman–Crippen MR) is 92.5 cm³/mol. The first-order valence-electron chi connectivity index (χ1n) is 6.49. The van der Waals surface area contributed by atoms with Crippen molar-refractivity contribution in [2.24, 2.45) is 0 Å². The molecule has 1 heterocycles. The molecule has 2 heteroatoms. The molecule has 0 atom stereocenters. The summed E-state index contributed by atoms with van der Waals surface area (Å²) in [5, 5.41) is 2.67. The van der Waals surface area contributed by atoms with E-state index in [1.54, 1.807) is 0 Å². The molecule has 0 aliphatic carbocycles. The van der Waals surface area contributed by atoms with Gasteiger partial charge in [-0.3, -0.25) is 0 Å². The highest BCUT2D eigenvalue weighted by atomic mass is 79.9. The van der Waals surface area contributed by atoms with Crippen molar-refractivity contribution in [2.45, 2.75) is 0 Å². The Bertz CT molecular complexity index is 907. The van der Waals surface area contributed by atoms with Gasteiger partial charge in [-0.15, -0.1) is 11.3 Å². The smallest absolute Gasteiger partial charge is 0.0433 e. The largest absolute Gasteiger partial charge is 0.135 e. The average Bonchev–Trinajstić information content (AvgIpc) is 2.86. The first-order valence-corrected chi connectivity index (χ1v) is 8.10. The highest BCUT2D eigenvalue weighted by molar-refractivity contribution is 9.10. The Kier molecular flexibility index (Phi) is 2.86. The van der Waals surface area contributed by atoms with Crippen molar-refractivity contribution in [3.8, 4) is 11.1 Å². The molecule has 0 nitrogen and oxygen atoms in total. The average molecular weight is 339 g/mol. The molecule has 4 aromatic rings. The van der Waals surface area contributed by atoms with Crippen LogP contribution in [0.25, 0.3) is 31.3 Å². The third kappa shape index (κ3) is 1.88. The van der Waals surface area contributed by atoms with Crippen LogP contribution in [0.2, 0.25) is 0 Å². The Morgan fingerprint density at radius 2 is 1.60 bits per heavy atom. The monoisotopic (exact) mass is 338 g/mol. The Balaban J connectivity index is 2.11. The lowest BCUT2D eigenvalue weighted by Gasteiger charge is -2.02. The minimum Gasteiger partial charge on any atom is -0.135 e. The van der Waals surface area contributed by atoms with E-state index in [-0.39, 0.29) is 0 Å². The van der Waals surface area contributed by atoms with E-state index in [1.165, 1.54) is 31.3 Å². The highest BCUT2D eigenvalue weighted by Gasteiger charge is 2.09. The molecule has 1 aromatic heterocycles. The molecule has 0 saturated heterocycles. The van der Waals surface area contributed by atoms with Crippen LogP contribution in [-0.2, 0) is 0 Å². The van der Waals surface area contributed by atoms with Gasteiger partial charge in [0, 0.05) is 24.6 Å². The van der Waals surface area contributed by atoms with Crippen molar-refractivity contribution in [1.29, 1.82) is 0 Å². The van der Waals surface area contributed by atoms with Crippen LogP contribution in [0.15, 0.2) is 71.2 Å². The van der Waals surface area contributed by atoms with E-state index in [1.807, 2.05) is 11.3 Å². The van der Waals surface area contributed by atoms with Crippen molar-refractivity contribution in [1.82, 2.24) is 0 Å². The van der Waals surface area contributed by atoms with Crippen LogP contribution >= 0.6 is 27.3 Å². The van der Waals surface area contributed by atoms with Gasteiger partial charge >= 0.3 is 0 Å². The fourth-order valence-corrected chi connectivity index (χ4v) is 4.20. The first-order chi connectivity index (χ1) is 9.83. The molecule has 0 N–H and O–H groups in total. The van der Waals surface area contributed by atoms with Crippen LogP contribution in [0.4, 0.5) is 0 Å². The molecular weight excluding hydrogens is 328 g/mol. The van der Waals surface area contributed by atoms with Gasteiger partial charge in [0.05, 0.1) is 0 Å². The molecule has 0 aliphatic rings. The van der Waals surface area contributed by atoms with Crippen molar-refractivity contribution in [2.75, 3.05) is 0 Å². The van der Waals surface area contributed by atoms with Crippen LogP contribution in [-0.4, -0.2) is 0 Å². The van der Waals surface area contributed by atoms with Gasteiger partial charge in [0.2, 0.25) is 0 Å². The topological polar surface area (TPSA) is 0 Å². The lowest BCUT2D eigenvalue weighted by atomic mass is 10.0. The maximum absolute atomic E-state index is 3.57. The van der Waals surface area contributed by atoms with Gasteiger partial charge in [0.15, 0.2) is 0 Å². The van der Waals surface area contributed by atoms with Crippen LogP contribution in [0.5, 0.6) is 0 Å². The molecule has 96 valence electrons. The summed E-state index contributed by atoms with van der Waals surface area (Å²) in [6, 6.07) is 23.7. The van der Waals surface area contributed by atoms with E-state index in [0.29, 0.717) is 0 Å². The van der Waals surface area contributed by atoms with Crippen LogP contribution < -0.4 is 0 Å². The molecule has 0 saturated carbocycles. The fraction of sp³-hybridized carbons (Fsp3) is 0. The normalized spacial score (nSPS) is 11.2. The molecule has 0 aliphatic heterocycles. The van der Waals surface area contributed by atoms with Crippen LogP contribution in [0, 0.1) is 0 Å². The maximum Gasteiger partial charge on any atom is 0.0433 e. The molecule has 4 rings (SSSR count). The van der Waals surface area contributed by atoms with Crippen molar-refractivity contribution < 1.29 is 0 Å². The van der Waals surface area contributed by atoms with E-state index in [0.717, 1.165) is 4.47 Å². The number of hydrogen-bond acceptors (Lipinski definition) is 1. The summed E-state index contributed by atoms with van der Waals surface area (Å²) in [6.45, 7) is 0. The number of benzene rings is 3. The van der Waals surface area contributed by atoms with E-state index in [9.17, 15) is 0 Å². The first kappa shape index (κ1) is 12.1. The van der Waals surface area contributed by atoms with Gasteiger partial charge in [-0.2, -0.15) is 0 Å². The summed E-state index contributed by atoms with van der Waals surface area (Å²) in [7, 11) is 0. The summed E-state index contributed by atoms with van der Waals surface area (Å²) in [4.78, 5) is 0. The molecule has 0 amide bonds. The van der Waals surface area contributed by atoms with E-state index in [4.69, 9.17) is 0 Å². The number of fused-ring (bicyclic) bond motifs is 3. The van der Waals surface area contributed by atoms with Gasteiger partial charge in [0.25, 0.3) is 0 Å². The summed E-state index contributed by atoms with van der Waals surface area (Å²) >= 11 is 5.44. The zero-order valence-corrected chi connectivity index (χ0v) is 13.0. The van der Waals surface area contributed by atoms with E-state index >= 15 is 0 Å². The molecule has 3 aromatic carbocycles. The van der Waals surface area contributed by atoms with Gasteiger partial charge in [0.1, 0.15) is 0 Å². The second-order valence-electron chi connectivity index (χ2n) is 4.79. The van der Waals surface area contributed by atoms with Crippen molar-refractivity contribution >= 4 is 47.4 Å². The number of halogens is 1. The van der Waals surface area contributed by atoms with Crippen LogP contribution in [0.1, 0.15) is 0 Å². The standard InChI is InChI=1S/C18H11BrS/c19-13-9-10-17-16(11-13)15-8-4-7-14(18(15)20-17)12-5-2-1-3-6-12/h1-11H. The van der Waals surface area contributed by atoms with E-state index in [2.05, 4.69) is 82.7 Å². The molecule has 0 radical (unpaired) electrons. The Morgan fingerprint density at radius 3 is 2.45 bits per heavy atom. The summed E-state index contributed by atoms with van der Waals surface area (Å²) in [6.07, 6.45) is 0. The van der Waals surface area contributed by atoms with Gasteiger partial charge < -0.3 is 0 Å². The molecule has 0 fully saturated rings. The summed E-state index contributed by atoms with van der Waals surface area (Å²) in [5.41, 5.74) is 2.60. The Morgan fingerprint density at radius 1 is 0.750 bits per heavy atom. The lowest BCUT2D eigenvalue weighted by Crippen LogP contribution is -1.76. The third-order valence-corrected chi connectivity index (χ3v) is 5.26. The zero-order chi connectivity index (χ0) is 13.5. The zero-order valence-electron chi connectivity index (χ0n) is 10.6. The maximum atomic E-state index is 3.57. The van der Waals surface area contributed by atoms with Crippen molar-refractivity contribution in [3.05, 3.63) is 71.2 Å². The molecule has 0 unspecified atom stereocenters. The summed E-state index contributed by atoms with van der Waals surface area (Å²) in [5.74, 6) is 0. The van der Waals surface area contributed by atoms with Crippen LogP contribution in [0.3, 0.4) is 0 Å². The molecular formula is C18H11BrS. The van der Waals surface area contributed by atoms with E-state index < -0.39 is 0 Å². The van der Waals surface area contributed by atoms with Gasteiger partial charge in [-0.25, -0.2) is 0 Å². The molecule has 0 bridgehead atoms. The quantitative estimate of drug-likeness (QED) is 0.372. The number of rotatable bonds is 1. The number of hydrogen-bond donors (Lipinski definition) is 0. The number of thiophene rings is 1. The Labute approximate surface area is 129 Å². The van der Waals surface area contributed by atoms with Gasteiger partial charge in [-0.1, -0.05) is 64.5 Å². The molecule has 0 spiro atoms. The highest BCUT2D eigenvalue weighted by Crippen LogP contribution is 2.40. The lowest BCUT2D eigenvalue weighted by molar-refractivity contribution is 1.67. The Hall–Kier alpha value is -1.64. The predicted octanol–water partition coefficient (Wildman–Crippen LogP) is 6.48. The van der Waals surface area contributed by atoms with Crippen molar-refractivity contribution in [3.63, 3.8) is 0 Å². The minimum absolute atomic E-state index is 1.13. The van der Waals surface area contributed by atoms with Gasteiger partial charge in [-0.05, 0) is 29.3 Å². The molecule has 20 heavy (non-hydrogen) atoms. The minimum atomic E-state index is 1.13. The second kappa shape index (κ2) is 4.72. The third-order valence-electron chi connectivity index (χ3n) is 3.54. The second-order valence-corrected chi connectivity index (χ2v) is 6.76. The fourth-order valence-electron chi connectivity index (χ4n) is 2.62.